The Morgan fingerprint density at radius 2 is 1.79 bits per heavy atom. The van der Waals surface area contributed by atoms with Crippen molar-refractivity contribution in [3.63, 3.8) is 0 Å². The van der Waals surface area contributed by atoms with Crippen molar-refractivity contribution in [2.24, 2.45) is 0 Å². The van der Waals surface area contributed by atoms with Crippen LogP contribution in [0.25, 0.3) is 5.57 Å². The summed E-state index contributed by atoms with van der Waals surface area (Å²) in [5, 5.41) is 9.03. The van der Waals surface area contributed by atoms with Crippen LogP contribution in [-0.2, 0) is 9.59 Å². The van der Waals surface area contributed by atoms with Crippen LogP contribution in [0, 0.1) is 11.3 Å². The summed E-state index contributed by atoms with van der Waals surface area (Å²) in [4.78, 5) is 29.2. The monoisotopic (exact) mass is 437 g/mol. The minimum atomic E-state index is -0.197. The minimum Gasteiger partial charge on any atom is -0.490 e. The van der Waals surface area contributed by atoms with Gasteiger partial charge in [-0.1, -0.05) is 42.5 Å². The molecule has 164 valence electrons. The van der Waals surface area contributed by atoms with Gasteiger partial charge in [0.1, 0.15) is 18.3 Å². The number of fused-ring (bicyclic) bond motifs is 2. The lowest BCUT2D eigenvalue weighted by Gasteiger charge is -2.39. The van der Waals surface area contributed by atoms with E-state index in [2.05, 4.69) is 6.07 Å². The summed E-state index contributed by atoms with van der Waals surface area (Å²) < 4.78 is 5.99. The fourth-order valence-electron chi connectivity index (χ4n) is 4.43. The van der Waals surface area contributed by atoms with E-state index in [1.54, 1.807) is 28.0 Å². The van der Waals surface area contributed by atoms with Crippen molar-refractivity contribution >= 4 is 17.4 Å². The Morgan fingerprint density at radius 1 is 1.00 bits per heavy atom. The van der Waals surface area contributed by atoms with Crippen LogP contribution >= 0.6 is 0 Å². The second-order valence-electron chi connectivity index (χ2n) is 8.31. The Kier molecular flexibility index (Phi) is 5.54. The number of amides is 2. The molecule has 0 atom stereocenters. The Hall–Kier alpha value is -4.11. The molecule has 3 aliphatic heterocycles. The summed E-state index contributed by atoms with van der Waals surface area (Å²) in [7, 11) is 0. The Bertz CT molecular complexity index is 1230. The van der Waals surface area contributed by atoms with Gasteiger partial charge in [-0.15, -0.1) is 0 Å². The zero-order valence-corrected chi connectivity index (χ0v) is 18.1. The molecule has 2 aromatic rings. The van der Waals surface area contributed by atoms with Gasteiger partial charge in [-0.3, -0.25) is 14.5 Å². The van der Waals surface area contributed by atoms with Crippen LogP contribution in [0.3, 0.4) is 0 Å². The molecule has 1 fully saturated rings. The fourth-order valence-corrected chi connectivity index (χ4v) is 4.43. The van der Waals surface area contributed by atoms with Gasteiger partial charge in [0, 0.05) is 31.5 Å². The molecule has 2 amide bonds. The van der Waals surface area contributed by atoms with E-state index in [-0.39, 0.29) is 24.3 Å². The number of carbonyl (C=O) groups excluding carboxylic acids is 2. The molecule has 33 heavy (non-hydrogen) atoms. The van der Waals surface area contributed by atoms with Crippen LogP contribution in [0.1, 0.15) is 30.4 Å². The third kappa shape index (κ3) is 4.18. The van der Waals surface area contributed by atoms with Crippen molar-refractivity contribution in [3.8, 4) is 11.8 Å². The van der Waals surface area contributed by atoms with Gasteiger partial charge < -0.3 is 9.64 Å². The highest BCUT2D eigenvalue weighted by atomic mass is 16.5. The summed E-state index contributed by atoms with van der Waals surface area (Å²) in [6.45, 7) is 1.10. The first-order valence-electron chi connectivity index (χ1n) is 11.1. The molecule has 3 aliphatic rings. The summed E-state index contributed by atoms with van der Waals surface area (Å²) >= 11 is 0. The Morgan fingerprint density at radius 3 is 2.52 bits per heavy atom. The van der Waals surface area contributed by atoms with Crippen molar-refractivity contribution in [3.05, 3.63) is 95.3 Å². The molecule has 0 spiro atoms. The summed E-state index contributed by atoms with van der Waals surface area (Å²) in [6.07, 6.45) is 7.14. The lowest BCUT2D eigenvalue weighted by molar-refractivity contribution is -0.140. The van der Waals surface area contributed by atoms with Crippen LogP contribution in [0.4, 0.5) is 0 Å². The molecule has 6 heteroatoms. The van der Waals surface area contributed by atoms with Gasteiger partial charge in [0.2, 0.25) is 11.8 Å². The standard InChI is InChI=1S/C27H23N3O3/c28-18-19-5-4-8-23(15-19)33-22-11-13-29(14-12-22)26(31)17-27(32)30-21-9-10-24(25(30)16-21)20-6-2-1-3-7-20/h1-10,15-16,22H,11-14,17H2. The number of likely N-dealkylation sites (tertiary alicyclic amines) is 1. The smallest absolute Gasteiger partial charge is 0.241 e. The predicted molar refractivity (Wildman–Crippen MR) is 123 cm³/mol. The number of benzene rings is 2. The van der Waals surface area contributed by atoms with Gasteiger partial charge >= 0.3 is 0 Å². The molecule has 0 N–H and O–H groups in total. The number of ether oxygens (including phenoxy) is 1. The molecule has 6 nitrogen and oxygen atoms in total. The van der Waals surface area contributed by atoms with Crippen molar-refractivity contribution in [2.45, 2.75) is 25.4 Å². The van der Waals surface area contributed by atoms with E-state index in [4.69, 9.17) is 10.00 Å². The quantitative estimate of drug-likeness (QED) is 0.662. The molecule has 3 heterocycles. The fraction of sp³-hybridized carbons (Fsp3) is 0.222. The number of allylic oxidation sites excluding steroid dienone is 4. The summed E-state index contributed by atoms with van der Waals surface area (Å²) in [5.74, 6) is 0.320. The maximum absolute atomic E-state index is 13.0. The average Bonchev–Trinajstić information content (AvgIpc) is 2.85. The summed E-state index contributed by atoms with van der Waals surface area (Å²) in [5.41, 5.74) is 4.28. The Labute approximate surface area is 192 Å². The number of nitrogens with zero attached hydrogens (tertiary/aromatic N) is 3. The third-order valence-corrected chi connectivity index (χ3v) is 6.18. The Balaban J connectivity index is 1.14. The van der Waals surface area contributed by atoms with E-state index >= 15 is 0 Å². The highest BCUT2D eigenvalue weighted by Crippen LogP contribution is 2.41. The lowest BCUT2D eigenvalue weighted by atomic mass is 9.91. The molecule has 1 saturated heterocycles. The largest absolute Gasteiger partial charge is 0.490 e. The number of nitriles is 1. The van der Waals surface area contributed by atoms with Gasteiger partial charge in [-0.2, -0.15) is 5.26 Å². The van der Waals surface area contributed by atoms with E-state index in [0.29, 0.717) is 37.2 Å². The number of rotatable bonds is 5. The number of carbonyl (C=O) groups is 2. The van der Waals surface area contributed by atoms with Crippen LogP contribution in [0.2, 0.25) is 0 Å². The lowest BCUT2D eigenvalue weighted by Crippen LogP contribution is -2.45. The zero-order chi connectivity index (χ0) is 22.8. The molecule has 0 radical (unpaired) electrons. The first kappa shape index (κ1) is 20.8. The predicted octanol–water partition coefficient (Wildman–Crippen LogP) is 4.03. The molecule has 2 bridgehead atoms. The molecule has 0 saturated carbocycles. The van der Waals surface area contributed by atoms with Crippen LogP contribution in [-0.4, -0.2) is 40.8 Å². The molecule has 0 aliphatic carbocycles. The van der Waals surface area contributed by atoms with Crippen molar-refractivity contribution in [1.82, 2.24) is 9.80 Å². The van der Waals surface area contributed by atoms with Crippen molar-refractivity contribution in [1.29, 1.82) is 5.26 Å². The van der Waals surface area contributed by atoms with E-state index in [0.717, 1.165) is 22.5 Å². The highest BCUT2D eigenvalue weighted by Gasteiger charge is 2.36. The van der Waals surface area contributed by atoms with Crippen LogP contribution < -0.4 is 4.74 Å². The zero-order valence-electron chi connectivity index (χ0n) is 18.1. The maximum Gasteiger partial charge on any atom is 0.241 e. The topological polar surface area (TPSA) is 73.6 Å². The maximum atomic E-state index is 13.0. The van der Waals surface area contributed by atoms with E-state index in [1.165, 1.54) is 0 Å². The van der Waals surface area contributed by atoms with E-state index in [1.807, 2.05) is 54.6 Å². The first-order chi connectivity index (χ1) is 16.1. The molecule has 0 aromatic heterocycles. The minimum absolute atomic E-state index is 0.0117. The second-order valence-corrected chi connectivity index (χ2v) is 8.31. The molecular weight excluding hydrogens is 414 g/mol. The van der Waals surface area contributed by atoms with Gasteiger partial charge in [0.15, 0.2) is 0 Å². The second kappa shape index (κ2) is 8.79. The van der Waals surface area contributed by atoms with Gasteiger partial charge in [-0.25, -0.2) is 0 Å². The number of piperidine rings is 1. The van der Waals surface area contributed by atoms with Gasteiger partial charge in [0.25, 0.3) is 0 Å². The normalized spacial score (nSPS) is 17.2. The van der Waals surface area contributed by atoms with Gasteiger partial charge in [-0.05, 0) is 35.9 Å². The third-order valence-electron chi connectivity index (χ3n) is 6.18. The summed E-state index contributed by atoms with van der Waals surface area (Å²) in [6, 6.07) is 19.1. The SMILES string of the molecule is N#Cc1cccc(OC2CCN(C(=O)CC(=O)N3c4ccc(-c5ccccc5)c3c4)CC2)c1. The molecule has 2 aromatic carbocycles. The van der Waals surface area contributed by atoms with Gasteiger partial charge in [0.05, 0.1) is 23.0 Å². The molecule has 5 rings (SSSR count). The van der Waals surface area contributed by atoms with Crippen LogP contribution in [0.15, 0.2) is 84.2 Å². The first-order valence-corrected chi connectivity index (χ1v) is 11.1. The molecular formula is C27H23N3O3. The van der Waals surface area contributed by atoms with E-state index in [9.17, 15) is 9.59 Å². The highest BCUT2D eigenvalue weighted by molar-refractivity contribution is 6.03. The average molecular weight is 437 g/mol. The number of hydrogen-bond donors (Lipinski definition) is 0. The van der Waals surface area contributed by atoms with Crippen LogP contribution in [0.5, 0.6) is 5.75 Å². The van der Waals surface area contributed by atoms with Crippen molar-refractivity contribution < 1.29 is 14.3 Å². The van der Waals surface area contributed by atoms with Crippen molar-refractivity contribution in [2.75, 3.05) is 13.1 Å². The van der Waals surface area contributed by atoms with E-state index < -0.39 is 0 Å². The number of hydrogen-bond acceptors (Lipinski definition) is 4. The molecule has 0 unspecified atom stereocenters.